The van der Waals surface area contributed by atoms with Crippen LogP contribution >= 0.6 is 11.6 Å². The fourth-order valence-corrected chi connectivity index (χ4v) is 5.48. The maximum absolute atomic E-state index is 13.6. The Morgan fingerprint density at radius 1 is 1.08 bits per heavy atom. The summed E-state index contributed by atoms with van der Waals surface area (Å²) in [5.74, 6) is -0.100. The van der Waals surface area contributed by atoms with Crippen LogP contribution in [0.25, 0.3) is 0 Å². The quantitative estimate of drug-likeness (QED) is 0.496. The molecule has 1 fully saturated rings. The Kier molecular flexibility index (Phi) is 9.62. The number of ether oxygens (including phenoxy) is 1. The highest BCUT2D eigenvalue weighted by Gasteiger charge is 2.31. The number of amides is 2. The number of nitrogens with one attached hydrogen (secondary N) is 1. The molecule has 3 rings (SSSR count). The Morgan fingerprint density at radius 3 is 2.31 bits per heavy atom. The molecule has 0 radical (unpaired) electrons. The van der Waals surface area contributed by atoms with Crippen molar-refractivity contribution in [3.05, 3.63) is 59.1 Å². The number of sulfonamides is 1. The number of para-hydroxylation sites is 1. The van der Waals surface area contributed by atoms with Gasteiger partial charge in [0, 0.05) is 12.6 Å². The minimum absolute atomic E-state index is 0.0854. The van der Waals surface area contributed by atoms with E-state index in [9.17, 15) is 18.0 Å². The second kappa shape index (κ2) is 12.5. The van der Waals surface area contributed by atoms with Gasteiger partial charge < -0.3 is 15.0 Å². The van der Waals surface area contributed by atoms with Gasteiger partial charge in [-0.05, 0) is 49.6 Å². The summed E-state index contributed by atoms with van der Waals surface area (Å²) in [5.41, 5.74) is 0.990. The van der Waals surface area contributed by atoms with E-state index in [2.05, 4.69) is 5.32 Å². The minimum Gasteiger partial charge on any atom is -0.497 e. The lowest BCUT2D eigenvalue weighted by molar-refractivity contribution is -0.139. The minimum atomic E-state index is -3.84. The van der Waals surface area contributed by atoms with Crippen LogP contribution in [0, 0.1) is 0 Å². The smallest absolute Gasteiger partial charge is 0.244 e. The first-order valence-corrected chi connectivity index (χ1v) is 14.3. The summed E-state index contributed by atoms with van der Waals surface area (Å²) in [6, 6.07) is 12.9. The molecule has 0 saturated heterocycles. The van der Waals surface area contributed by atoms with Gasteiger partial charge in [-0.15, -0.1) is 0 Å². The van der Waals surface area contributed by atoms with Crippen molar-refractivity contribution in [2.45, 2.75) is 57.7 Å². The van der Waals surface area contributed by atoms with Crippen molar-refractivity contribution in [1.82, 2.24) is 10.2 Å². The first kappa shape index (κ1) is 27.8. The third-order valence-corrected chi connectivity index (χ3v) is 7.88. The molecule has 10 heteroatoms. The van der Waals surface area contributed by atoms with E-state index in [0.717, 1.165) is 48.2 Å². The van der Waals surface area contributed by atoms with Gasteiger partial charge in [-0.3, -0.25) is 13.9 Å². The van der Waals surface area contributed by atoms with Gasteiger partial charge in [-0.25, -0.2) is 8.42 Å². The predicted octanol–water partition coefficient (Wildman–Crippen LogP) is 3.98. The zero-order chi connectivity index (χ0) is 26.3. The maximum Gasteiger partial charge on any atom is 0.244 e. The summed E-state index contributed by atoms with van der Waals surface area (Å²) in [6.07, 6.45) is 6.15. The molecule has 0 bridgehead atoms. The first-order valence-electron chi connectivity index (χ1n) is 12.0. The normalized spacial score (nSPS) is 15.1. The van der Waals surface area contributed by atoms with Crippen LogP contribution in [0.1, 0.15) is 44.6 Å². The zero-order valence-electron chi connectivity index (χ0n) is 20.9. The molecule has 1 saturated carbocycles. The van der Waals surface area contributed by atoms with Crippen LogP contribution in [0.15, 0.2) is 48.5 Å². The number of nitrogens with zero attached hydrogens (tertiary/aromatic N) is 2. The molecule has 0 spiro atoms. The molecule has 0 aromatic heterocycles. The molecule has 36 heavy (non-hydrogen) atoms. The number of methoxy groups -OCH3 is 1. The molecule has 2 aromatic carbocycles. The summed E-state index contributed by atoms with van der Waals surface area (Å²) in [6.45, 7) is 1.31. The fourth-order valence-electron chi connectivity index (χ4n) is 4.33. The van der Waals surface area contributed by atoms with Gasteiger partial charge >= 0.3 is 0 Å². The number of halogens is 1. The second-order valence-corrected chi connectivity index (χ2v) is 11.4. The van der Waals surface area contributed by atoms with Crippen molar-refractivity contribution < 1.29 is 22.7 Å². The highest BCUT2D eigenvalue weighted by atomic mass is 35.5. The lowest BCUT2D eigenvalue weighted by Gasteiger charge is -2.33. The van der Waals surface area contributed by atoms with Gasteiger partial charge in [-0.2, -0.15) is 0 Å². The molecule has 2 amide bonds. The molecule has 8 nitrogen and oxygen atoms in total. The Labute approximate surface area is 218 Å². The van der Waals surface area contributed by atoms with Crippen molar-refractivity contribution in [2.75, 3.05) is 24.2 Å². The number of rotatable bonds is 10. The topological polar surface area (TPSA) is 96.0 Å². The number of benzene rings is 2. The maximum atomic E-state index is 13.6. The molecular formula is C26H34ClN3O5S. The number of carbonyl (C=O) groups excluding carboxylic acids is 2. The molecule has 1 aliphatic rings. The van der Waals surface area contributed by atoms with E-state index in [1.54, 1.807) is 50.4 Å². The zero-order valence-corrected chi connectivity index (χ0v) is 22.5. The summed E-state index contributed by atoms with van der Waals surface area (Å²) in [7, 11) is -2.27. The van der Waals surface area contributed by atoms with Crippen molar-refractivity contribution in [2.24, 2.45) is 0 Å². The van der Waals surface area contributed by atoms with E-state index < -0.39 is 28.5 Å². The Hall–Kier alpha value is -2.78. The van der Waals surface area contributed by atoms with Gasteiger partial charge in [0.15, 0.2) is 0 Å². The molecule has 196 valence electrons. The number of anilines is 1. The molecule has 1 atom stereocenters. The van der Waals surface area contributed by atoms with Crippen LogP contribution in [0.4, 0.5) is 5.69 Å². The summed E-state index contributed by atoms with van der Waals surface area (Å²) >= 11 is 6.26. The lowest BCUT2D eigenvalue weighted by Crippen LogP contribution is -2.53. The van der Waals surface area contributed by atoms with Crippen molar-refractivity contribution in [1.29, 1.82) is 0 Å². The Balaban J connectivity index is 1.87. The van der Waals surface area contributed by atoms with Crippen LogP contribution in [0.2, 0.25) is 5.02 Å². The van der Waals surface area contributed by atoms with Gasteiger partial charge in [-0.1, -0.05) is 55.1 Å². The van der Waals surface area contributed by atoms with E-state index >= 15 is 0 Å². The summed E-state index contributed by atoms with van der Waals surface area (Å²) in [4.78, 5) is 28.2. The summed E-state index contributed by atoms with van der Waals surface area (Å²) in [5, 5.41) is 3.29. The highest BCUT2D eigenvalue weighted by Crippen LogP contribution is 2.27. The van der Waals surface area contributed by atoms with Crippen LogP contribution in [0.5, 0.6) is 5.75 Å². The van der Waals surface area contributed by atoms with Crippen LogP contribution < -0.4 is 14.4 Å². The van der Waals surface area contributed by atoms with Crippen LogP contribution in [-0.4, -0.2) is 57.1 Å². The van der Waals surface area contributed by atoms with Gasteiger partial charge in [0.25, 0.3) is 0 Å². The molecule has 1 N–H and O–H groups in total. The predicted molar refractivity (Wildman–Crippen MR) is 142 cm³/mol. The van der Waals surface area contributed by atoms with Gasteiger partial charge in [0.1, 0.15) is 18.3 Å². The Morgan fingerprint density at radius 2 is 1.72 bits per heavy atom. The van der Waals surface area contributed by atoms with E-state index in [1.807, 2.05) is 12.1 Å². The molecule has 0 unspecified atom stereocenters. The molecule has 1 aliphatic carbocycles. The van der Waals surface area contributed by atoms with Crippen LogP contribution in [-0.2, 0) is 26.2 Å². The van der Waals surface area contributed by atoms with E-state index in [4.69, 9.17) is 16.3 Å². The molecule has 0 aliphatic heterocycles. The third kappa shape index (κ3) is 7.36. The van der Waals surface area contributed by atoms with E-state index in [-0.39, 0.29) is 29.2 Å². The largest absolute Gasteiger partial charge is 0.497 e. The molecule has 0 heterocycles. The monoisotopic (exact) mass is 535 g/mol. The van der Waals surface area contributed by atoms with E-state index in [0.29, 0.717) is 5.75 Å². The van der Waals surface area contributed by atoms with Crippen LogP contribution in [0.3, 0.4) is 0 Å². The van der Waals surface area contributed by atoms with Gasteiger partial charge in [0.05, 0.1) is 24.1 Å². The number of hydrogen-bond donors (Lipinski definition) is 1. The lowest BCUT2D eigenvalue weighted by atomic mass is 9.95. The summed E-state index contributed by atoms with van der Waals surface area (Å²) < 4.78 is 31.5. The average Bonchev–Trinajstić information content (AvgIpc) is 2.86. The first-order chi connectivity index (χ1) is 17.1. The Bertz CT molecular complexity index is 1150. The standard InChI is InChI=1S/C26H34ClN3O5S/c1-19(26(32)28-21-9-5-4-6-10-21)29(17-20-13-15-22(35-2)16-14-20)25(31)18-30(36(3,33)34)24-12-8-7-11-23(24)27/h7-8,11-16,19,21H,4-6,9-10,17-18H2,1-3H3,(H,28,32)/t19-/m1/s1. The van der Waals surface area contributed by atoms with Crippen molar-refractivity contribution in [3.63, 3.8) is 0 Å². The van der Waals surface area contributed by atoms with Crippen molar-refractivity contribution >= 4 is 39.1 Å². The second-order valence-electron chi connectivity index (χ2n) is 9.11. The van der Waals surface area contributed by atoms with Crippen molar-refractivity contribution in [3.8, 4) is 5.75 Å². The highest BCUT2D eigenvalue weighted by molar-refractivity contribution is 7.92. The number of hydrogen-bond acceptors (Lipinski definition) is 5. The SMILES string of the molecule is COc1ccc(CN(C(=O)CN(c2ccccc2Cl)S(C)(=O)=O)[C@H](C)C(=O)NC2CCCCC2)cc1. The number of carbonyl (C=O) groups is 2. The van der Waals surface area contributed by atoms with Gasteiger partial charge in [0.2, 0.25) is 21.8 Å². The van der Waals surface area contributed by atoms with E-state index in [1.165, 1.54) is 4.90 Å². The third-order valence-electron chi connectivity index (χ3n) is 6.43. The molecule has 2 aromatic rings. The average molecular weight is 536 g/mol. The molecular weight excluding hydrogens is 502 g/mol. The fraction of sp³-hybridized carbons (Fsp3) is 0.462.